The lowest BCUT2D eigenvalue weighted by Crippen LogP contribution is -2.22. The van der Waals surface area contributed by atoms with Crippen LogP contribution in [0, 0.1) is 0 Å². The third-order valence-corrected chi connectivity index (χ3v) is 4.25. The lowest BCUT2D eigenvalue weighted by atomic mass is 10.1. The van der Waals surface area contributed by atoms with Gasteiger partial charge in [0.25, 0.3) is 11.8 Å². The van der Waals surface area contributed by atoms with Crippen molar-refractivity contribution in [2.45, 2.75) is 20.4 Å². The summed E-state index contributed by atoms with van der Waals surface area (Å²) in [6, 6.07) is 5.49. The van der Waals surface area contributed by atoms with Crippen molar-refractivity contribution in [3.05, 3.63) is 48.0 Å². The largest absolute Gasteiger partial charge is 0.488 e. The summed E-state index contributed by atoms with van der Waals surface area (Å²) in [7, 11) is 0. The SMILES string of the molecule is CCOc1cc(-c2ccc3c(n2)CN(c2cn[nH]c2)C3=O)cnc1OCC. The minimum atomic E-state index is -0.0784. The van der Waals surface area contributed by atoms with Gasteiger partial charge in [-0.25, -0.2) is 4.98 Å². The van der Waals surface area contributed by atoms with Gasteiger partial charge in [-0.05, 0) is 32.0 Å². The number of H-pyrrole nitrogens is 1. The van der Waals surface area contributed by atoms with Crippen LogP contribution < -0.4 is 14.4 Å². The summed E-state index contributed by atoms with van der Waals surface area (Å²) in [5, 5.41) is 6.63. The summed E-state index contributed by atoms with van der Waals surface area (Å²) >= 11 is 0. The summed E-state index contributed by atoms with van der Waals surface area (Å²) in [5.74, 6) is 0.964. The number of aromatic amines is 1. The normalized spacial score (nSPS) is 13.0. The maximum absolute atomic E-state index is 12.6. The van der Waals surface area contributed by atoms with Crippen LogP contribution in [0.4, 0.5) is 5.69 Å². The molecule has 0 saturated heterocycles. The van der Waals surface area contributed by atoms with Gasteiger partial charge < -0.3 is 9.47 Å². The molecule has 0 unspecified atom stereocenters. The number of pyridine rings is 2. The summed E-state index contributed by atoms with van der Waals surface area (Å²) in [4.78, 5) is 23.3. The fourth-order valence-corrected chi connectivity index (χ4v) is 3.02. The number of ether oxygens (including phenoxy) is 2. The van der Waals surface area contributed by atoms with E-state index in [0.717, 1.165) is 22.6 Å². The molecule has 0 radical (unpaired) electrons. The van der Waals surface area contributed by atoms with Crippen LogP contribution in [-0.4, -0.2) is 39.3 Å². The number of hydrogen-bond acceptors (Lipinski definition) is 6. The molecule has 138 valence electrons. The molecule has 1 aliphatic rings. The Labute approximate surface area is 156 Å². The number of carbonyl (C=O) groups is 1. The first-order valence-electron chi connectivity index (χ1n) is 8.77. The fraction of sp³-hybridized carbons (Fsp3) is 0.263. The highest BCUT2D eigenvalue weighted by atomic mass is 16.5. The minimum absolute atomic E-state index is 0.0784. The van der Waals surface area contributed by atoms with E-state index >= 15 is 0 Å². The number of carbonyl (C=O) groups excluding carboxylic acids is 1. The van der Waals surface area contributed by atoms with Crippen LogP contribution in [0.25, 0.3) is 11.3 Å². The Morgan fingerprint density at radius 1 is 1.19 bits per heavy atom. The molecule has 0 atom stereocenters. The molecule has 4 heterocycles. The topological polar surface area (TPSA) is 93.2 Å². The van der Waals surface area contributed by atoms with E-state index in [-0.39, 0.29) is 5.91 Å². The van der Waals surface area contributed by atoms with Gasteiger partial charge in [0.1, 0.15) is 0 Å². The van der Waals surface area contributed by atoms with Gasteiger partial charge in [-0.2, -0.15) is 5.10 Å². The van der Waals surface area contributed by atoms with Crippen LogP contribution in [-0.2, 0) is 6.54 Å². The number of aromatic nitrogens is 4. The molecule has 0 aromatic carbocycles. The molecule has 1 amide bonds. The average Bonchev–Trinajstić information content (AvgIpc) is 3.31. The Hall–Kier alpha value is -3.42. The zero-order chi connectivity index (χ0) is 18.8. The third kappa shape index (κ3) is 3.10. The predicted molar refractivity (Wildman–Crippen MR) is 98.9 cm³/mol. The zero-order valence-corrected chi connectivity index (χ0v) is 15.1. The second kappa shape index (κ2) is 7.06. The molecular formula is C19H19N5O3. The number of nitrogens with zero attached hydrogens (tertiary/aromatic N) is 4. The monoisotopic (exact) mass is 365 g/mol. The molecule has 3 aromatic rings. The smallest absolute Gasteiger partial charge is 0.260 e. The van der Waals surface area contributed by atoms with Crippen molar-refractivity contribution in [1.29, 1.82) is 0 Å². The third-order valence-electron chi connectivity index (χ3n) is 4.25. The van der Waals surface area contributed by atoms with Gasteiger partial charge in [0.05, 0.1) is 48.6 Å². The quantitative estimate of drug-likeness (QED) is 0.722. The summed E-state index contributed by atoms with van der Waals surface area (Å²) in [5.41, 5.74) is 3.58. The number of anilines is 1. The maximum Gasteiger partial charge on any atom is 0.260 e. The molecule has 0 bridgehead atoms. The van der Waals surface area contributed by atoms with E-state index < -0.39 is 0 Å². The molecular weight excluding hydrogens is 346 g/mol. The molecule has 0 aliphatic carbocycles. The number of fused-ring (bicyclic) bond motifs is 1. The Morgan fingerprint density at radius 2 is 2.04 bits per heavy atom. The van der Waals surface area contributed by atoms with Crippen LogP contribution in [0.2, 0.25) is 0 Å². The Kier molecular flexibility index (Phi) is 4.45. The van der Waals surface area contributed by atoms with E-state index in [9.17, 15) is 4.79 Å². The first kappa shape index (κ1) is 17.0. The molecule has 0 spiro atoms. The molecule has 1 aliphatic heterocycles. The van der Waals surface area contributed by atoms with Gasteiger partial charge in [-0.1, -0.05) is 0 Å². The lowest BCUT2D eigenvalue weighted by Gasteiger charge is -2.11. The second-order valence-corrected chi connectivity index (χ2v) is 5.93. The average molecular weight is 365 g/mol. The predicted octanol–water partition coefficient (Wildman–Crippen LogP) is 2.82. The number of nitrogens with one attached hydrogen (secondary N) is 1. The maximum atomic E-state index is 12.6. The first-order chi connectivity index (χ1) is 13.2. The van der Waals surface area contributed by atoms with Crippen molar-refractivity contribution in [2.75, 3.05) is 18.1 Å². The molecule has 0 fully saturated rings. The summed E-state index contributed by atoms with van der Waals surface area (Å²) in [6.07, 6.45) is 5.01. The van der Waals surface area contributed by atoms with Gasteiger partial charge in [0.2, 0.25) is 0 Å². The summed E-state index contributed by atoms with van der Waals surface area (Å²) < 4.78 is 11.1. The number of hydrogen-bond donors (Lipinski definition) is 1. The molecule has 0 saturated carbocycles. The molecule has 8 nitrogen and oxygen atoms in total. The van der Waals surface area contributed by atoms with Crippen molar-refractivity contribution in [3.8, 4) is 22.9 Å². The van der Waals surface area contributed by atoms with Crippen molar-refractivity contribution >= 4 is 11.6 Å². The van der Waals surface area contributed by atoms with E-state index in [1.807, 2.05) is 26.0 Å². The van der Waals surface area contributed by atoms with Crippen molar-refractivity contribution in [2.24, 2.45) is 0 Å². The highest BCUT2D eigenvalue weighted by Crippen LogP contribution is 2.32. The van der Waals surface area contributed by atoms with E-state index in [4.69, 9.17) is 9.47 Å². The van der Waals surface area contributed by atoms with Crippen molar-refractivity contribution in [3.63, 3.8) is 0 Å². The van der Waals surface area contributed by atoms with Crippen LogP contribution in [0.15, 0.2) is 36.8 Å². The Balaban J connectivity index is 1.67. The first-order valence-corrected chi connectivity index (χ1v) is 8.77. The second-order valence-electron chi connectivity index (χ2n) is 5.93. The van der Waals surface area contributed by atoms with E-state index in [0.29, 0.717) is 37.0 Å². The number of rotatable bonds is 6. The van der Waals surface area contributed by atoms with E-state index in [2.05, 4.69) is 20.2 Å². The highest BCUT2D eigenvalue weighted by molar-refractivity contribution is 6.09. The highest BCUT2D eigenvalue weighted by Gasteiger charge is 2.30. The van der Waals surface area contributed by atoms with Gasteiger partial charge in [0.15, 0.2) is 5.75 Å². The lowest BCUT2D eigenvalue weighted by molar-refractivity contribution is 0.0996. The van der Waals surface area contributed by atoms with Crippen LogP contribution in [0.3, 0.4) is 0 Å². The van der Waals surface area contributed by atoms with Gasteiger partial charge >= 0.3 is 0 Å². The van der Waals surface area contributed by atoms with E-state index in [1.54, 1.807) is 29.6 Å². The molecule has 1 N–H and O–H groups in total. The van der Waals surface area contributed by atoms with Crippen molar-refractivity contribution < 1.29 is 14.3 Å². The zero-order valence-electron chi connectivity index (χ0n) is 15.1. The van der Waals surface area contributed by atoms with E-state index in [1.165, 1.54) is 0 Å². The molecule has 3 aromatic heterocycles. The molecule has 8 heteroatoms. The van der Waals surface area contributed by atoms with Gasteiger partial charge in [0, 0.05) is 18.0 Å². The van der Waals surface area contributed by atoms with Crippen LogP contribution in [0.1, 0.15) is 29.9 Å². The molecule has 27 heavy (non-hydrogen) atoms. The van der Waals surface area contributed by atoms with Crippen LogP contribution >= 0.6 is 0 Å². The summed E-state index contributed by atoms with van der Waals surface area (Å²) in [6.45, 7) is 5.24. The fourth-order valence-electron chi connectivity index (χ4n) is 3.02. The van der Waals surface area contributed by atoms with Crippen LogP contribution in [0.5, 0.6) is 11.6 Å². The Morgan fingerprint density at radius 3 is 2.78 bits per heavy atom. The minimum Gasteiger partial charge on any atom is -0.488 e. The van der Waals surface area contributed by atoms with Gasteiger partial charge in [-0.15, -0.1) is 0 Å². The Bertz CT molecular complexity index is 971. The molecule has 4 rings (SSSR count). The van der Waals surface area contributed by atoms with Crippen molar-refractivity contribution in [1.82, 2.24) is 20.2 Å². The standard InChI is InChI=1S/C19H19N5O3/c1-3-26-17-7-12(8-20-18(17)27-4-2)15-6-5-14-16(23-15)11-24(19(14)25)13-9-21-22-10-13/h5-10H,3-4,11H2,1-2H3,(H,21,22). The number of amides is 1. The van der Waals surface area contributed by atoms with Gasteiger partial charge in [-0.3, -0.25) is 19.8 Å².